The molecule has 0 heterocycles. The fourth-order valence-corrected chi connectivity index (χ4v) is 1.11. The van der Waals surface area contributed by atoms with Crippen molar-refractivity contribution in [1.82, 2.24) is 0 Å². The molecule has 0 aliphatic heterocycles. The Morgan fingerprint density at radius 1 is 1.43 bits per heavy atom. The standard InChI is InChI=1S/C11H15NO2/c1-3-14-11(13)9(2)12-10-7-5-4-6-8-10/h4-9,12H,3H2,1-2H3/t9-/m1/s1. The minimum atomic E-state index is -0.308. The van der Waals surface area contributed by atoms with Gasteiger partial charge in [-0.05, 0) is 26.0 Å². The van der Waals surface area contributed by atoms with E-state index in [0.717, 1.165) is 5.69 Å². The lowest BCUT2D eigenvalue weighted by molar-refractivity contribution is -0.143. The quantitative estimate of drug-likeness (QED) is 0.744. The van der Waals surface area contributed by atoms with Crippen LogP contribution in [0, 0.1) is 0 Å². The van der Waals surface area contributed by atoms with Crippen LogP contribution < -0.4 is 5.32 Å². The highest BCUT2D eigenvalue weighted by Gasteiger charge is 2.12. The molecule has 1 rings (SSSR count). The van der Waals surface area contributed by atoms with E-state index >= 15 is 0 Å². The first-order valence-electron chi connectivity index (χ1n) is 4.72. The molecule has 0 saturated carbocycles. The fourth-order valence-electron chi connectivity index (χ4n) is 1.11. The van der Waals surface area contributed by atoms with Gasteiger partial charge in [-0.25, -0.2) is 4.79 Å². The second-order valence-electron chi connectivity index (χ2n) is 2.98. The molecule has 0 radical (unpaired) electrons. The van der Waals surface area contributed by atoms with Crippen LogP contribution in [0.3, 0.4) is 0 Å². The molecule has 1 N–H and O–H groups in total. The number of ether oxygens (including phenoxy) is 1. The number of benzene rings is 1. The number of anilines is 1. The largest absolute Gasteiger partial charge is 0.464 e. The monoisotopic (exact) mass is 193 g/mol. The Hall–Kier alpha value is -1.51. The van der Waals surface area contributed by atoms with Gasteiger partial charge in [0, 0.05) is 5.69 Å². The number of nitrogens with one attached hydrogen (secondary N) is 1. The lowest BCUT2D eigenvalue weighted by Crippen LogP contribution is -2.28. The fraction of sp³-hybridized carbons (Fsp3) is 0.364. The number of carbonyl (C=O) groups excluding carboxylic acids is 1. The molecule has 14 heavy (non-hydrogen) atoms. The Kier molecular flexibility index (Phi) is 3.98. The molecule has 0 unspecified atom stereocenters. The Labute approximate surface area is 84.1 Å². The Bertz CT molecular complexity index is 285. The molecule has 0 fully saturated rings. The molecule has 1 aromatic carbocycles. The number of para-hydroxylation sites is 1. The van der Waals surface area contributed by atoms with Gasteiger partial charge in [0.25, 0.3) is 0 Å². The lowest BCUT2D eigenvalue weighted by atomic mass is 10.2. The molecule has 0 aliphatic rings. The molecule has 76 valence electrons. The van der Waals surface area contributed by atoms with Gasteiger partial charge >= 0.3 is 5.97 Å². The summed E-state index contributed by atoms with van der Waals surface area (Å²) in [7, 11) is 0. The third kappa shape index (κ3) is 3.09. The van der Waals surface area contributed by atoms with Gasteiger partial charge < -0.3 is 10.1 Å². The summed E-state index contributed by atoms with van der Waals surface area (Å²) in [5.74, 6) is -0.226. The van der Waals surface area contributed by atoms with Crippen LogP contribution >= 0.6 is 0 Å². The van der Waals surface area contributed by atoms with Gasteiger partial charge in [0.2, 0.25) is 0 Å². The van der Waals surface area contributed by atoms with E-state index in [9.17, 15) is 4.79 Å². The molecule has 0 aromatic heterocycles. The molecule has 1 aromatic rings. The van der Waals surface area contributed by atoms with Crippen molar-refractivity contribution in [1.29, 1.82) is 0 Å². The van der Waals surface area contributed by atoms with Crippen LogP contribution in [0.25, 0.3) is 0 Å². The maximum Gasteiger partial charge on any atom is 0.328 e. The zero-order valence-electron chi connectivity index (χ0n) is 8.49. The second kappa shape index (κ2) is 5.27. The Morgan fingerprint density at radius 3 is 2.64 bits per heavy atom. The first-order valence-corrected chi connectivity index (χ1v) is 4.72. The average molecular weight is 193 g/mol. The molecule has 0 aliphatic carbocycles. The number of hydrogen-bond acceptors (Lipinski definition) is 3. The van der Waals surface area contributed by atoms with Crippen molar-refractivity contribution in [3.05, 3.63) is 30.3 Å². The first-order chi connectivity index (χ1) is 6.74. The molecular weight excluding hydrogens is 178 g/mol. The molecule has 0 saturated heterocycles. The second-order valence-corrected chi connectivity index (χ2v) is 2.98. The molecule has 3 heteroatoms. The molecule has 0 amide bonds. The summed E-state index contributed by atoms with van der Waals surface area (Å²) < 4.78 is 4.87. The summed E-state index contributed by atoms with van der Waals surface area (Å²) in [4.78, 5) is 11.3. The van der Waals surface area contributed by atoms with E-state index in [4.69, 9.17) is 4.74 Å². The van der Waals surface area contributed by atoms with Gasteiger partial charge in [-0.2, -0.15) is 0 Å². The summed E-state index contributed by atoms with van der Waals surface area (Å²) >= 11 is 0. The SMILES string of the molecule is CCOC(=O)[C@@H](C)Nc1ccccc1. The van der Waals surface area contributed by atoms with Gasteiger partial charge in [0.1, 0.15) is 6.04 Å². The summed E-state index contributed by atoms with van der Waals surface area (Å²) in [6.07, 6.45) is 0. The van der Waals surface area contributed by atoms with E-state index in [0.29, 0.717) is 6.61 Å². The predicted molar refractivity (Wildman–Crippen MR) is 56.2 cm³/mol. The van der Waals surface area contributed by atoms with Crippen LogP contribution in [-0.4, -0.2) is 18.6 Å². The van der Waals surface area contributed by atoms with E-state index in [2.05, 4.69) is 5.32 Å². The van der Waals surface area contributed by atoms with Crippen LogP contribution in [0.4, 0.5) is 5.69 Å². The summed E-state index contributed by atoms with van der Waals surface area (Å²) in [6, 6.07) is 9.28. The number of carbonyl (C=O) groups is 1. The van der Waals surface area contributed by atoms with Crippen molar-refractivity contribution in [2.75, 3.05) is 11.9 Å². The van der Waals surface area contributed by atoms with E-state index < -0.39 is 0 Å². The average Bonchev–Trinajstić information content (AvgIpc) is 2.19. The molecule has 3 nitrogen and oxygen atoms in total. The summed E-state index contributed by atoms with van der Waals surface area (Å²) in [5.41, 5.74) is 0.924. The molecular formula is C11H15NO2. The predicted octanol–water partition coefficient (Wildman–Crippen LogP) is 2.05. The smallest absolute Gasteiger partial charge is 0.328 e. The van der Waals surface area contributed by atoms with Gasteiger partial charge in [0.05, 0.1) is 6.61 Å². The maximum atomic E-state index is 11.3. The third-order valence-electron chi connectivity index (χ3n) is 1.80. The third-order valence-corrected chi connectivity index (χ3v) is 1.80. The lowest BCUT2D eigenvalue weighted by Gasteiger charge is -2.13. The zero-order valence-corrected chi connectivity index (χ0v) is 8.49. The van der Waals surface area contributed by atoms with Crippen LogP contribution in [0.2, 0.25) is 0 Å². The van der Waals surface area contributed by atoms with E-state index in [1.807, 2.05) is 30.3 Å². The van der Waals surface area contributed by atoms with Crippen molar-refractivity contribution in [2.24, 2.45) is 0 Å². The van der Waals surface area contributed by atoms with E-state index in [1.165, 1.54) is 0 Å². The highest BCUT2D eigenvalue weighted by molar-refractivity contribution is 5.78. The highest BCUT2D eigenvalue weighted by atomic mass is 16.5. The zero-order chi connectivity index (χ0) is 10.4. The Morgan fingerprint density at radius 2 is 2.07 bits per heavy atom. The van der Waals surface area contributed by atoms with Gasteiger partial charge in [-0.3, -0.25) is 0 Å². The van der Waals surface area contributed by atoms with Crippen molar-refractivity contribution in [2.45, 2.75) is 19.9 Å². The molecule has 0 spiro atoms. The van der Waals surface area contributed by atoms with Crippen molar-refractivity contribution >= 4 is 11.7 Å². The molecule has 1 atom stereocenters. The van der Waals surface area contributed by atoms with Crippen molar-refractivity contribution in [3.63, 3.8) is 0 Å². The number of esters is 1. The van der Waals surface area contributed by atoms with Crippen LogP contribution in [0.15, 0.2) is 30.3 Å². The first kappa shape index (κ1) is 10.6. The minimum absolute atomic E-state index is 0.226. The normalized spacial score (nSPS) is 11.9. The maximum absolute atomic E-state index is 11.3. The topological polar surface area (TPSA) is 38.3 Å². The Balaban J connectivity index is 2.49. The van der Waals surface area contributed by atoms with Crippen LogP contribution in [0.1, 0.15) is 13.8 Å². The van der Waals surface area contributed by atoms with Crippen LogP contribution in [0.5, 0.6) is 0 Å². The highest BCUT2D eigenvalue weighted by Crippen LogP contribution is 2.07. The summed E-state index contributed by atoms with van der Waals surface area (Å²) in [5, 5.41) is 3.05. The van der Waals surface area contributed by atoms with Gasteiger partial charge in [-0.15, -0.1) is 0 Å². The van der Waals surface area contributed by atoms with Crippen LogP contribution in [-0.2, 0) is 9.53 Å². The van der Waals surface area contributed by atoms with Gasteiger partial charge in [-0.1, -0.05) is 18.2 Å². The van der Waals surface area contributed by atoms with Crippen molar-refractivity contribution in [3.8, 4) is 0 Å². The summed E-state index contributed by atoms with van der Waals surface area (Å²) in [6.45, 7) is 4.00. The number of hydrogen-bond donors (Lipinski definition) is 1. The number of rotatable bonds is 4. The minimum Gasteiger partial charge on any atom is -0.464 e. The van der Waals surface area contributed by atoms with E-state index in [-0.39, 0.29) is 12.0 Å². The van der Waals surface area contributed by atoms with Crippen molar-refractivity contribution < 1.29 is 9.53 Å². The van der Waals surface area contributed by atoms with E-state index in [1.54, 1.807) is 13.8 Å². The van der Waals surface area contributed by atoms with Gasteiger partial charge in [0.15, 0.2) is 0 Å². The molecule has 0 bridgehead atoms.